The van der Waals surface area contributed by atoms with Crippen LogP contribution in [0.25, 0.3) is 11.0 Å². The van der Waals surface area contributed by atoms with Crippen LogP contribution in [0.5, 0.6) is 0 Å². The number of hydrogen-bond acceptors (Lipinski definition) is 7. The standard InChI is InChI=1S/C57H64N6O4/c1-6-56(66,41-16-10-8-11-17-41)53(64)61-32-14-20-50(61)47-36-39-34-37(22-28-44(39)58-47)48-30-31-49(63(48)43-26-24-40(25-27-43)55(3,4)5)38-23-29-45-46(35-38)60-52(59-45)51-21-15-33-62(51)54(65)57(67,7-2)42-18-12-9-13-19-42/h8-13,16-19,22-29,34-35,48-51,66-67H,6-7,14-15,20-21,30-33,36H2,1-5H3,(H,59,60)/t48-,49-,50+,51+,56-,57-/m1/s1. The number of aliphatic hydroxyl groups is 2. The molecule has 6 atom stereocenters. The molecular weight excluding hydrogens is 833 g/mol. The van der Waals surface area contributed by atoms with Crippen molar-refractivity contribution in [2.24, 2.45) is 4.99 Å². The van der Waals surface area contributed by atoms with E-state index in [-0.39, 0.29) is 47.8 Å². The van der Waals surface area contributed by atoms with E-state index >= 15 is 0 Å². The van der Waals surface area contributed by atoms with E-state index in [1.807, 2.05) is 84.3 Å². The molecule has 0 unspecified atom stereocenters. The van der Waals surface area contributed by atoms with E-state index in [0.29, 0.717) is 37.1 Å². The van der Waals surface area contributed by atoms with Crippen LogP contribution in [0.3, 0.4) is 0 Å². The van der Waals surface area contributed by atoms with Gasteiger partial charge in [-0.15, -0.1) is 0 Å². The highest BCUT2D eigenvalue weighted by molar-refractivity contribution is 6.01. The maximum atomic E-state index is 14.2. The number of anilines is 1. The Labute approximate surface area is 394 Å². The number of H-pyrrole nitrogens is 1. The molecule has 3 N–H and O–H groups in total. The minimum atomic E-state index is -1.60. The van der Waals surface area contributed by atoms with Crippen LogP contribution in [-0.2, 0) is 32.6 Å². The van der Waals surface area contributed by atoms with Crippen molar-refractivity contribution in [3.05, 3.63) is 161 Å². The van der Waals surface area contributed by atoms with E-state index in [2.05, 4.69) is 91.3 Å². The lowest BCUT2D eigenvalue weighted by molar-refractivity contribution is -0.154. The number of hydrogen-bond donors (Lipinski definition) is 3. The molecular formula is C57H64N6O4. The molecule has 0 saturated carbocycles. The Bertz CT molecular complexity index is 2820. The van der Waals surface area contributed by atoms with Gasteiger partial charge in [-0.3, -0.25) is 14.6 Å². The first kappa shape index (κ1) is 44.7. The van der Waals surface area contributed by atoms with Crippen LogP contribution in [0.2, 0.25) is 0 Å². The topological polar surface area (TPSA) is 125 Å². The number of aliphatic imine (C=N–C) groups is 1. The monoisotopic (exact) mass is 896 g/mol. The maximum Gasteiger partial charge on any atom is 0.259 e. The van der Waals surface area contributed by atoms with Crippen molar-refractivity contribution in [1.82, 2.24) is 19.8 Å². The Morgan fingerprint density at radius 3 is 1.78 bits per heavy atom. The van der Waals surface area contributed by atoms with Gasteiger partial charge >= 0.3 is 0 Å². The molecule has 2 amide bonds. The Kier molecular flexibility index (Phi) is 11.7. The second kappa shape index (κ2) is 17.5. The van der Waals surface area contributed by atoms with Crippen LogP contribution in [0.4, 0.5) is 11.4 Å². The summed E-state index contributed by atoms with van der Waals surface area (Å²) in [6, 6.07) is 40.9. The van der Waals surface area contributed by atoms with Crippen molar-refractivity contribution in [3.8, 4) is 0 Å². The number of carbonyl (C=O) groups is 2. The first-order valence-corrected chi connectivity index (χ1v) is 24.6. The Balaban J connectivity index is 0.923. The number of likely N-dealkylation sites (tertiary alicyclic amines) is 2. The largest absolute Gasteiger partial charge is 0.375 e. The summed E-state index contributed by atoms with van der Waals surface area (Å²) in [6.45, 7) is 11.7. The van der Waals surface area contributed by atoms with E-state index in [1.165, 1.54) is 27.9 Å². The molecule has 0 aliphatic carbocycles. The third-order valence-electron chi connectivity index (χ3n) is 15.4. The molecule has 346 valence electrons. The minimum Gasteiger partial charge on any atom is -0.375 e. The smallest absolute Gasteiger partial charge is 0.259 e. The predicted molar refractivity (Wildman–Crippen MR) is 265 cm³/mol. The zero-order chi connectivity index (χ0) is 46.7. The van der Waals surface area contributed by atoms with Gasteiger partial charge < -0.3 is 29.9 Å². The Morgan fingerprint density at radius 2 is 1.19 bits per heavy atom. The highest BCUT2D eigenvalue weighted by Crippen LogP contribution is 2.49. The first-order chi connectivity index (χ1) is 32.3. The number of rotatable bonds is 11. The average molecular weight is 897 g/mol. The molecule has 10 nitrogen and oxygen atoms in total. The Morgan fingerprint density at radius 1 is 0.642 bits per heavy atom. The SMILES string of the molecule is CC[C@](O)(C(=O)N1CCC[C@H]1C1=Nc2ccc([C@H]3CC[C@H](c4ccc5nc([C@@H]6CCCN6C(=O)[C@@](O)(CC)c6ccccc6)[nH]c5c4)N3c3ccc(C(C)(C)C)cc3)cc2C1)c1ccccc1. The van der Waals surface area contributed by atoms with Crippen molar-refractivity contribution in [1.29, 1.82) is 0 Å². The number of benzene rings is 5. The normalized spacial score (nSPS) is 22.5. The van der Waals surface area contributed by atoms with E-state index < -0.39 is 11.2 Å². The summed E-state index contributed by atoms with van der Waals surface area (Å²) in [5.41, 5.74) is 7.94. The van der Waals surface area contributed by atoms with Gasteiger partial charge in [0.2, 0.25) is 0 Å². The number of aromatic amines is 1. The number of carbonyl (C=O) groups excluding carboxylic acids is 2. The fourth-order valence-corrected chi connectivity index (χ4v) is 11.5. The van der Waals surface area contributed by atoms with Crippen LogP contribution in [-0.4, -0.2) is 66.6 Å². The summed E-state index contributed by atoms with van der Waals surface area (Å²) in [6.07, 6.45) is 6.50. The number of aromatic nitrogens is 2. The Hall–Kier alpha value is -6.10. The molecule has 0 bridgehead atoms. The van der Waals surface area contributed by atoms with Crippen LogP contribution in [0, 0.1) is 0 Å². The minimum absolute atomic E-state index is 0.0237. The summed E-state index contributed by atoms with van der Waals surface area (Å²) in [4.78, 5) is 48.6. The van der Waals surface area contributed by atoms with Gasteiger partial charge in [0, 0.05) is 30.9 Å². The second-order valence-electron chi connectivity index (χ2n) is 20.4. The van der Waals surface area contributed by atoms with Gasteiger partial charge in [-0.25, -0.2) is 4.98 Å². The molecule has 6 aromatic rings. The number of nitrogens with one attached hydrogen (secondary N) is 1. The van der Waals surface area contributed by atoms with Gasteiger partial charge in [0.05, 0.1) is 40.9 Å². The number of amides is 2. The average Bonchev–Trinajstić information content (AvgIpc) is 4.22. The third kappa shape index (κ3) is 7.95. The van der Waals surface area contributed by atoms with Gasteiger partial charge in [-0.2, -0.15) is 0 Å². The number of nitrogens with zero attached hydrogens (tertiary/aromatic N) is 5. The molecule has 10 heteroatoms. The van der Waals surface area contributed by atoms with Crippen molar-refractivity contribution >= 4 is 39.9 Å². The molecule has 4 aliphatic heterocycles. The summed E-state index contributed by atoms with van der Waals surface area (Å²) in [7, 11) is 0. The highest BCUT2D eigenvalue weighted by Gasteiger charge is 2.46. The van der Waals surface area contributed by atoms with Crippen molar-refractivity contribution < 1.29 is 19.8 Å². The van der Waals surface area contributed by atoms with E-state index in [4.69, 9.17) is 9.98 Å². The number of fused-ring (bicyclic) bond motifs is 2. The predicted octanol–water partition coefficient (Wildman–Crippen LogP) is 10.8. The molecule has 5 aromatic carbocycles. The molecule has 3 saturated heterocycles. The van der Waals surface area contributed by atoms with E-state index in [1.54, 1.807) is 0 Å². The summed E-state index contributed by atoms with van der Waals surface area (Å²) >= 11 is 0. The van der Waals surface area contributed by atoms with Gasteiger partial charge in [0.25, 0.3) is 11.8 Å². The van der Waals surface area contributed by atoms with Crippen LogP contribution in [0.1, 0.15) is 143 Å². The quantitative estimate of drug-likeness (QED) is 0.119. The molecule has 4 aliphatic rings. The van der Waals surface area contributed by atoms with Gasteiger partial charge in [0.1, 0.15) is 5.82 Å². The van der Waals surface area contributed by atoms with Gasteiger partial charge in [-0.1, -0.05) is 126 Å². The molecule has 0 spiro atoms. The van der Waals surface area contributed by atoms with Crippen molar-refractivity contribution in [2.75, 3.05) is 18.0 Å². The third-order valence-corrected chi connectivity index (χ3v) is 15.4. The fourth-order valence-electron chi connectivity index (χ4n) is 11.5. The molecule has 5 heterocycles. The van der Waals surface area contributed by atoms with Crippen LogP contribution >= 0.6 is 0 Å². The van der Waals surface area contributed by atoms with Gasteiger partial charge in [0.15, 0.2) is 11.2 Å². The summed E-state index contributed by atoms with van der Waals surface area (Å²) in [5.74, 6) is 0.242. The fraction of sp³-hybridized carbons (Fsp3) is 0.404. The van der Waals surface area contributed by atoms with Crippen molar-refractivity contribution in [2.45, 2.75) is 133 Å². The zero-order valence-electron chi connectivity index (χ0n) is 39.6. The van der Waals surface area contributed by atoms with E-state index in [9.17, 15) is 19.8 Å². The first-order valence-electron chi connectivity index (χ1n) is 24.6. The van der Waals surface area contributed by atoms with Gasteiger partial charge in [-0.05, 0) is 120 Å². The van der Waals surface area contributed by atoms with E-state index in [0.717, 1.165) is 66.8 Å². The molecule has 67 heavy (non-hydrogen) atoms. The second-order valence-corrected chi connectivity index (χ2v) is 20.4. The lowest BCUT2D eigenvalue weighted by Crippen LogP contribution is -2.50. The molecule has 1 aromatic heterocycles. The number of imidazole rings is 1. The van der Waals surface area contributed by atoms with Crippen LogP contribution in [0.15, 0.2) is 126 Å². The summed E-state index contributed by atoms with van der Waals surface area (Å²) in [5, 5.41) is 23.6. The molecule has 3 fully saturated rings. The van der Waals surface area contributed by atoms with Crippen molar-refractivity contribution in [3.63, 3.8) is 0 Å². The van der Waals surface area contributed by atoms with Crippen LogP contribution < -0.4 is 4.90 Å². The maximum absolute atomic E-state index is 14.2. The summed E-state index contributed by atoms with van der Waals surface area (Å²) < 4.78 is 0. The highest BCUT2D eigenvalue weighted by atomic mass is 16.3. The lowest BCUT2D eigenvalue weighted by Gasteiger charge is -2.34. The molecule has 0 radical (unpaired) electrons. The lowest BCUT2D eigenvalue weighted by atomic mass is 9.87. The molecule has 10 rings (SSSR count). The zero-order valence-corrected chi connectivity index (χ0v) is 39.6.